The van der Waals surface area contributed by atoms with Crippen LogP contribution in [0.3, 0.4) is 0 Å². The Morgan fingerprint density at radius 3 is 1.71 bits per heavy atom. The van der Waals surface area contributed by atoms with Crippen LogP contribution in [-0.2, 0) is 16.0 Å². The number of hydrogen-bond donors (Lipinski definition) is 0. The van der Waals surface area contributed by atoms with Gasteiger partial charge < -0.3 is 0 Å². The second-order valence-corrected chi connectivity index (χ2v) is 7.65. The van der Waals surface area contributed by atoms with E-state index in [1.165, 1.54) is 16.7 Å². The lowest BCUT2D eigenvalue weighted by molar-refractivity contribution is -0.117. The summed E-state index contributed by atoms with van der Waals surface area (Å²) in [6, 6.07) is 6.15. The quantitative estimate of drug-likeness (QED) is 0.328. The van der Waals surface area contributed by atoms with Crippen LogP contribution >= 0.6 is 43.5 Å². The molecule has 1 rings (SSSR count). The molecule has 0 heterocycles. The molecule has 5 heteroatoms. The summed E-state index contributed by atoms with van der Waals surface area (Å²) in [6.07, 6.45) is 2.15. The number of aryl methyl sites for hydroxylation is 2. The zero-order valence-electron chi connectivity index (χ0n) is 13.5. The molecule has 2 nitrogen and oxygen atoms in total. The van der Waals surface area contributed by atoms with E-state index < -0.39 is 0 Å². The normalized spacial score (nSPS) is 11.8. The second kappa shape index (κ2) is 15.1. The largest absolute Gasteiger partial charge is 0.298 e. The van der Waals surface area contributed by atoms with Gasteiger partial charge in [-0.2, -0.15) is 0 Å². The average molecular weight is 487 g/mol. The lowest BCUT2D eigenvalue weighted by Crippen LogP contribution is -2.16. The molecule has 0 aliphatic carbocycles. The average Bonchev–Trinajstić information content (AvgIpc) is 2.49. The first-order valence-corrected chi connectivity index (χ1v) is 9.50. The molecule has 2 atom stereocenters. The Bertz CT molecular complexity index is 484. The minimum absolute atomic E-state index is 0. The third-order valence-electron chi connectivity index (χ3n) is 3.31. The number of alkyl halides is 2. The molecule has 1 aromatic rings. The van der Waals surface area contributed by atoms with E-state index in [1.54, 1.807) is 0 Å². The first-order valence-electron chi connectivity index (χ1n) is 7.29. The summed E-state index contributed by atoms with van der Waals surface area (Å²) in [5.74, 6) is 0.273. The molecule has 24 heavy (non-hydrogen) atoms. The summed E-state index contributed by atoms with van der Waals surface area (Å²) in [5.41, 5.74) is 3.60. The van der Waals surface area contributed by atoms with Crippen LogP contribution in [0.2, 0.25) is 0 Å². The summed E-state index contributed by atoms with van der Waals surface area (Å²) in [4.78, 5) is 21.7. The van der Waals surface area contributed by atoms with Crippen LogP contribution in [0.1, 0.15) is 58.2 Å². The van der Waals surface area contributed by atoms with Crippen molar-refractivity contribution in [3.8, 4) is 0 Å². The second-order valence-electron chi connectivity index (χ2n) is 5.07. The maximum atomic E-state index is 11.8. The van der Waals surface area contributed by atoms with Crippen molar-refractivity contribution in [2.45, 2.75) is 71.5 Å². The molecule has 0 fully saturated rings. The van der Waals surface area contributed by atoms with Gasteiger partial charge in [0, 0.05) is 6.42 Å². The number of benzene rings is 1. The summed E-state index contributed by atoms with van der Waals surface area (Å²) < 4.78 is 0. The Hall–Kier alpha value is -0.190. The third-order valence-corrected chi connectivity index (χ3v) is 6.06. The van der Waals surface area contributed by atoms with Gasteiger partial charge in [-0.1, -0.05) is 78.8 Å². The maximum Gasteiger partial charge on any atom is 0.235 e. The van der Waals surface area contributed by atoms with Gasteiger partial charge in [-0.05, 0) is 55.0 Å². The molecule has 0 aromatic heterocycles. The first-order chi connectivity index (χ1) is 10.2. The number of rotatable bonds is 6. The monoisotopic (exact) mass is 484 g/mol. The van der Waals surface area contributed by atoms with E-state index >= 15 is 0 Å². The molecule has 1 aromatic carbocycles. The molecule has 0 radical (unpaired) electrons. The van der Waals surface area contributed by atoms with Crippen molar-refractivity contribution < 1.29 is 9.59 Å². The third kappa shape index (κ3) is 10.6. The Labute approximate surface area is 170 Å². The van der Waals surface area contributed by atoms with Gasteiger partial charge in [0.05, 0.1) is 9.65 Å². The van der Waals surface area contributed by atoms with Gasteiger partial charge in [0.1, 0.15) is 0 Å². The van der Waals surface area contributed by atoms with Gasteiger partial charge in [0.15, 0.2) is 5.78 Å². The molecule has 2 unspecified atom stereocenters. The van der Waals surface area contributed by atoms with Crippen LogP contribution in [0, 0.1) is 13.8 Å². The van der Waals surface area contributed by atoms with Crippen molar-refractivity contribution in [2.24, 2.45) is 0 Å². The van der Waals surface area contributed by atoms with Crippen molar-refractivity contribution in [2.75, 3.05) is 0 Å². The van der Waals surface area contributed by atoms with Gasteiger partial charge in [0.25, 0.3) is 0 Å². The van der Waals surface area contributed by atoms with E-state index in [1.807, 2.05) is 19.9 Å². The van der Waals surface area contributed by atoms with Crippen molar-refractivity contribution in [1.82, 2.24) is 0 Å². The summed E-state index contributed by atoms with van der Waals surface area (Å²) in [7, 11) is 0. The highest BCUT2D eigenvalue weighted by Crippen LogP contribution is 2.17. The van der Waals surface area contributed by atoms with Crippen LogP contribution in [-0.4, -0.2) is 20.7 Å². The Balaban J connectivity index is -0.000000424. The zero-order valence-corrected chi connectivity index (χ0v) is 17.4. The smallest absolute Gasteiger partial charge is 0.235 e. The number of hydrogen-bond acceptors (Lipinski definition) is 2. The van der Waals surface area contributed by atoms with Crippen molar-refractivity contribution in [3.63, 3.8) is 0 Å². The number of Topliss-reactive ketones (excluding diaryl/α,β-unsaturated/α-hetero) is 1. The predicted molar refractivity (Wildman–Crippen MR) is 115 cm³/mol. The SMILES string of the molecule is C.C.CCC(Br)C(=O)Cc1c(C)cccc1C.CCC(Br)C(=O)Cl. The van der Waals surface area contributed by atoms with Crippen molar-refractivity contribution in [3.05, 3.63) is 34.9 Å². The molecular weight excluding hydrogens is 455 g/mol. The van der Waals surface area contributed by atoms with Crippen LogP contribution in [0.5, 0.6) is 0 Å². The summed E-state index contributed by atoms with van der Waals surface area (Å²) in [5, 5.41) is -0.317. The molecule has 0 saturated carbocycles. The molecular formula is C19H31Br2ClO2. The Kier molecular flexibility index (Phi) is 18.0. The fourth-order valence-corrected chi connectivity index (χ4v) is 2.12. The van der Waals surface area contributed by atoms with Gasteiger partial charge >= 0.3 is 0 Å². The zero-order chi connectivity index (χ0) is 17.3. The lowest BCUT2D eigenvalue weighted by atomic mass is 9.97. The topological polar surface area (TPSA) is 34.1 Å². The fourth-order valence-electron chi connectivity index (χ4n) is 1.80. The van der Waals surface area contributed by atoms with E-state index in [-0.39, 0.29) is 35.5 Å². The van der Waals surface area contributed by atoms with E-state index in [0.29, 0.717) is 6.42 Å². The molecule has 0 aliphatic rings. The van der Waals surface area contributed by atoms with Crippen molar-refractivity contribution >= 4 is 54.5 Å². The maximum absolute atomic E-state index is 11.8. The number of carbonyl (C=O) groups excluding carboxylic acids is 2. The summed E-state index contributed by atoms with van der Waals surface area (Å²) >= 11 is 11.5. The molecule has 140 valence electrons. The molecule has 0 bridgehead atoms. The van der Waals surface area contributed by atoms with Crippen molar-refractivity contribution in [1.29, 1.82) is 0 Å². The first kappa shape index (κ1) is 28.6. The minimum atomic E-state index is -0.317. The number of ketones is 1. The van der Waals surface area contributed by atoms with E-state index in [0.717, 1.165) is 12.8 Å². The summed E-state index contributed by atoms with van der Waals surface area (Å²) in [6.45, 7) is 8.03. The molecule has 0 saturated heterocycles. The van der Waals surface area contributed by atoms with E-state index in [4.69, 9.17) is 11.6 Å². The highest BCUT2D eigenvalue weighted by molar-refractivity contribution is 9.10. The van der Waals surface area contributed by atoms with Crippen LogP contribution in [0.25, 0.3) is 0 Å². The van der Waals surface area contributed by atoms with Crippen LogP contribution < -0.4 is 0 Å². The number of carbonyl (C=O) groups is 2. The van der Waals surface area contributed by atoms with E-state index in [2.05, 4.69) is 57.8 Å². The standard InChI is InChI=1S/C13H17BrO.C4H6BrClO.2CH4/c1-4-12(14)13(15)8-11-9(2)6-5-7-10(11)3;1-2-3(5)4(6)7;;/h5-7,12H,4,8H2,1-3H3;3H,2H2,1H3;2*1H4. The van der Waals surface area contributed by atoms with Crippen LogP contribution in [0.15, 0.2) is 18.2 Å². The van der Waals surface area contributed by atoms with Gasteiger partial charge in [-0.15, -0.1) is 0 Å². The Morgan fingerprint density at radius 1 is 1.00 bits per heavy atom. The fraction of sp³-hybridized carbons (Fsp3) is 0.579. The highest BCUT2D eigenvalue weighted by Gasteiger charge is 2.15. The molecule has 0 spiro atoms. The lowest BCUT2D eigenvalue weighted by Gasteiger charge is -2.10. The minimum Gasteiger partial charge on any atom is -0.298 e. The number of halogens is 3. The Morgan fingerprint density at radius 2 is 1.42 bits per heavy atom. The predicted octanol–water partition coefficient (Wildman–Crippen LogP) is 6.79. The molecule has 0 N–H and O–H groups in total. The van der Waals surface area contributed by atoms with Gasteiger partial charge in [-0.3, -0.25) is 9.59 Å². The van der Waals surface area contributed by atoms with E-state index in [9.17, 15) is 9.59 Å². The molecule has 0 amide bonds. The van der Waals surface area contributed by atoms with Crippen LogP contribution in [0.4, 0.5) is 0 Å². The molecule has 0 aliphatic heterocycles. The van der Waals surface area contributed by atoms with Gasteiger partial charge in [0.2, 0.25) is 5.24 Å². The van der Waals surface area contributed by atoms with Gasteiger partial charge in [-0.25, -0.2) is 0 Å². The highest BCUT2D eigenvalue weighted by atomic mass is 79.9.